The van der Waals surface area contributed by atoms with Crippen LogP contribution in [-0.2, 0) is 6.54 Å². The van der Waals surface area contributed by atoms with Crippen LogP contribution in [0.1, 0.15) is 25.5 Å². The van der Waals surface area contributed by atoms with Crippen molar-refractivity contribution >= 4 is 10.9 Å². The molecule has 1 atom stereocenters. The first-order chi connectivity index (χ1) is 14.9. The van der Waals surface area contributed by atoms with Crippen molar-refractivity contribution in [2.75, 3.05) is 7.11 Å². The molecule has 2 aromatic heterocycles. The lowest BCUT2D eigenvalue weighted by Crippen LogP contribution is -2.25. The summed E-state index contributed by atoms with van der Waals surface area (Å²) in [6.45, 7) is 11.0. The number of hydrogen-bond acceptors (Lipinski definition) is 6. The summed E-state index contributed by atoms with van der Waals surface area (Å²) in [6, 6.07) is 9.05. The number of aromatic hydroxyl groups is 1. The number of fused-ring (bicyclic) bond motifs is 1. The summed E-state index contributed by atoms with van der Waals surface area (Å²) in [4.78, 5) is 4.05. The first-order valence-electron chi connectivity index (χ1n) is 9.52. The van der Waals surface area contributed by atoms with Gasteiger partial charge in [0.15, 0.2) is 0 Å². The Morgan fingerprint density at radius 2 is 2.06 bits per heavy atom. The fraction of sp³-hybridized carbons (Fsp3) is 0.217. The standard InChI is InChI=1S/C10H10N2O.C8H13N3O.C5H7F/c1-2-5-12-10-4-3-9(13)6-8(10)7-11-12;1-6(11-9)7-3-4-8(12-2)10-5-7;1-3-4-5(2)6/h2-4,6-7,13H,1,5H2;3-6,11H,9H2,1-2H3;3-4H,1H2,2H3/b;;5-4+. The van der Waals surface area contributed by atoms with E-state index in [1.165, 1.54) is 19.1 Å². The van der Waals surface area contributed by atoms with Gasteiger partial charge in [0.25, 0.3) is 0 Å². The van der Waals surface area contributed by atoms with E-state index < -0.39 is 0 Å². The molecule has 0 amide bonds. The number of pyridine rings is 1. The lowest BCUT2D eigenvalue weighted by molar-refractivity contribution is 0.397. The molecule has 1 aromatic carbocycles. The van der Waals surface area contributed by atoms with Gasteiger partial charge >= 0.3 is 0 Å². The van der Waals surface area contributed by atoms with Crippen molar-refractivity contribution in [1.82, 2.24) is 20.2 Å². The first-order valence-corrected chi connectivity index (χ1v) is 9.52. The Bertz CT molecular complexity index is 979. The van der Waals surface area contributed by atoms with Crippen molar-refractivity contribution in [2.24, 2.45) is 5.84 Å². The fourth-order valence-corrected chi connectivity index (χ4v) is 2.37. The Kier molecular flexibility index (Phi) is 11.3. The largest absolute Gasteiger partial charge is 0.508 e. The van der Waals surface area contributed by atoms with E-state index in [1.54, 1.807) is 37.7 Å². The van der Waals surface area contributed by atoms with Crippen LogP contribution in [0, 0.1) is 0 Å². The molecule has 0 fully saturated rings. The molecule has 3 rings (SSSR count). The molecule has 0 radical (unpaired) electrons. The van der Waals surface area contributed by atoms with Gasteiger partial charge in [0.1, 0.15) is 5.75 Å². The third-order valence-corrected chi connectivity index (χ3v) is 3.99. The first kappa shape index (κ1) is 25.5. The number of allylic oxidation sites excluding steroid dienone is 4. The maximum Gasteiger partial charge on any atom is 0.212 e. The SMILES string of the molecule is C=C/C=C(\C)F.C=CCn1ncc2cc(O)ccc21.COc1ccc(C(C)NN)cn1. The molecule has 0 spiro atoms. The maximum atomic E-state index is 11.5. The van der Waals surface area contributed by atoms with Crippen LogP contribution in [0.15, 0.2) is 79.9 Å². The van der Waals surface area contributed by atoms with Crippen molar-refractivity contribution in [3.8, 4) is 11.6 Å². The number of nitrogens with two attached hydrogens (primary N) is 1. The minimum Gasteiger partial charge on any atom is -0.508 e. The van der Waals surface area contributed by atoms with Gasteiger partial charge in [-0.1, -0.05) is 24.8 Å². The van der Waals surface area contributed by atoms with Crippen molar-refractivity contribution in [3.05, 3.63) is 85.5 Å². The highest BCUT2D eigenvalue weighted by Gasteiger charge is 2.02. The number of hydrazine groups is 1. The van der Waals surface area contributed by atoms with Gasteiger partial charge in [0.2, 0.25) is 5.88 Å². The zero-order valence-corrected chi connectivity index (χ0v) is 18.1. The molecule has 0 bridgehead atoms. The summed E-state index contributed by atoms with van der Waals surface area (Å²) in [5, 5.41) is 14.3. The number of ether oxygens (including phenoxy) is 1. The van der Waals surface area contributed by atoms with Crippen molar-refractivity contribution in [1.29, 1.82) is 0 Å². The Morgan fingerprint density at radius 1 is 1.32 bits per heavy atom. The van der Waals surface area contributed by atoms with Gasteiger partial charge < -0.3 is 9.84 Å². The molecular weight excluding hydrogens is 397 g/mol. The van der Waals surface area contributed by atoms with Gasteiger partial charge in [-0.05, 0) is 43.7 Å². The second-order valence-electron chi connectivity index (χ2n) is 6.37. The minimum atomic E-state index is -0.204. The molecule has 0 aliphatic carbocycles. The third-order valence-electron chi connectivity index (χ3n) is 3.99. The van der Waals surface area contributed by atoms with Gasteiger partial charge in [-0.2, -0.15) is 5.10 Å². The molecule has 0 aliphatic heterocycles. The van der Waals surface area contributed by atoms with E-state index >= 15 is 0 Å². The van der Waals surface area contributed by atoms with Gasteiger partial charge in [-0.25, -0.2) is 9.37 Å². The van der Waals surface area contributed by atoms with Crippen LogP contribution in [0.4, 0.5) is 4.39 Å². The van der Waals surface area contributed by atoms with Crippen LogP contribution in [0.5, 0.6) is 11.6 Å². The van der Waals surface area contributed by atoms with E-state index in [9.17, 15) is 9.50 Å². The van der Waals surface area contributed by atoms with Gasteiger partial charge in [-0.15, -0.1) is 6.58 Å². The normalized spacial score (nSPS) is 11.5. The monoisotopic (exact) mass is 427 g/mol. The average Bonchev–Trinajstić information content (AvgIpc) is 3.16. The van der Waals surface area contributed by atoms with Crippen LogP contribution in [0.2, 0.25) is 0 Å². The molecule has 0 saturated heterocycles. The van der Waals surface area contributed by atoms with E-state index in [0.717, 1.165) is 16.5 Å². The Balaban J connectivity index is 0.000000249. The maximum absolute atomic E-state index is 11.5. The number of phenols is 1. The molecule has 0 saturated carbocycles. The molecule has 2 heterocycles. The molecule has 8 heteroatoms. The lowest BCUT2D eigenvalue weighted by atomic mass is 10.1. The number of rotatable bonds is 6. The lowest BCUT2D eigenvalue weighted by Gasteiger charge is -2.09. The van der Waals surface area contributed by atoms with E-state index in [1.807, 2.05) is 29.8 Å². The van der Waals surface area contributed by atoms with Crippen LogP contribution in [-0.4, -0.2) is 27.0 Å². The molecule has 0 aliphatic rings. The number of phenolic OH excluding ortho intramolecular Hbond substituents is 1. The van der Waals surface area contributed by atoms with Crippen molar-refractivity contribution in [3.63, 3.8) is 0 Å². The van der Waals surface area contributed by atoms with Crippen LogP contribution < -0.4 is 16.0 Å². The Labute approximate surface area is 182 Å². The topological polar surface area (TPSA) is 98.2 Å². The predicted octanol–water partition coefficient (Wildman–Crippen LogP) is 4.59. The Hall–Kier alpha value is -3.49. The predicted molar refractivity (Wildman–Crippen MR) is 123 cm³/mol. The molecule has 3 aromatic rings. The average molecular weight is 428 g/mol. The smallest absolute Gasteiger partial charge is 0.212 e. The van der Waals surface area contributed by atoms with E-state index in [4.69, 9.17) is 10.6 Å². The molecule has 31 heavy (non-hydrogen) atoms. The van der Waals surface area contributed by atoms with E-state index in [-0.39, 0.29) is 17.6 Å². The zero-order chi connectivity index (χ0) is 23.2. The highest BCUT2D eigenvalue weighted by atomic mass is 19.1. The molecule has 7 nitrogen and oxygen atoms in total. The zero-order valence-electron chi connectivity index (χ0n) is 18.1. The summed E-state index contributed by atoms with van der Waals surface area (Å²) in [5.41, 5.74) is 4.69. The number of halogens is 1. The summed E-state index contributed by atoms with van der Waals surface area (Å²) >= 11 is 0. The second kappa shape index (κ2) is 13.7. The number of nitrogens with zero attached hydrogens (tertiary/aromatic N) is 3. The van der Waals surface area contributed by atoms with Crippen LogP contribution >= 0.6 is 0 Å². The molecule has 166 valence electrons. The highest BCUT2D eigenvalue weighted by molar-refractivity contribution is 5.80. The quantitative estimate of drug-likeness (QED) is 0.230. The molecular formula is C23H30FN5O2. The van der Waals surface area contributed by atoms with Gasteiger partial charge in [0.05, 0.1) is 31.2 Å². The summed E-state index contributed by atoms with van der Waals surface area (Å²) in [7, 11) is 1.59. The van der Waals surface area contributed by atoms with Gasteiger partial charge in [-0.3, -0.25) is 16.0 Å². The number of hydrogen-bond donors (Lipinski definition) is 3. The van der Waals surface area contributed by atoms with Gasteiger partial charge in [0, 0.05) is 23.7 Å². The fourth-order valence-electron chi connectivity index (χ4n) is 2.37. The molecule has 1 unspecified atom stereocenters. The number of nitrogens with one attached hydrogen (secondary N) is 1. The minimum absolute atomic E-state index is 0.114. The summed E-state index contributed by atoms with van der Waals surface area (Å²) in [5.74, 6) is 5.94. The number of benzene rings is 1. The van der Waals surface area contributed by atoms with Crippen LogP contribution in [0.3, 0.4) is 0 Å². The van der Waals surface area contributed by atoms with E-state index in [2.05, 4.69) is 28.7 Å². The summed E-state index contributed by atoms with van der Waals surface area (Å²) in [6.07, 6.45) is 7.98. The highest BCUT2D eigenvalue weighted by Crippen LogP contribution is 2.19. The summed E-state index contributed by atoms with van der Waals surface area (Å²) < 4.78 is 18.2. The van der Waals surface area contributed by atoms with E-state index in [0.29, 0.717) is 12.4 Å². The number of methoxy groups -OCH3 is 1. The second-order valence-corrected chi connectivity index (χ2v) is 6.37. The molecule has 4 N–H and O–H groups in total. The number of aromatic nitrogens is 3. The van der Waals surface area contributed by atoms with Crippen molar-refractivity contribution in [2.45, 2.75) is 26.4 Å². The third kappa shape index (κ3) is 8.81. The van der Waals surface area contributed by atoms with Crippen LogP contribution in [0.25, 0.3) is 10.9 Å². The van der Waals surface area contributed by atoms with Crippen molar-refractivity contribution < 1.29 is 14.2 Å². The Morgan fingerprint density at radius 3 is 2.55 bits per heavy atom.